The molecule has 8 heteroatoms. The lowest BCUT2D eigenvalue weighted by atomic mass is 9.95. The van der Waals surface area contributed by atoms with Crippen LogP contribution in [0.25, 0.3) is 11.1 Å². The summed E-state index contributed by atoms with van der Waals surface area (Å²) >= 11 is 0. The topological polar surface area (TPSA) is 78.5 Å². The molecule has 6 nitrogen and oxygen atoms in total. The van der Waals surface area contributed by atoms with Gasteiger partial charge >= 0.3 is 0 Å². The van der Waals surface area contributed by atoms with Crippen molar-refractivity contribution in [3.63, 3.8) is 0 Å². The average molecular weight is 463 g/mol. The van der Waals surface area contributed by atoms with Crippen molar-refractivity contribution in [1.29, 1.82) is 0 Å². The number of amides is 3. The van der Waals surface area contributed by atoms with E-state index in [-0.39, 0.29) is 18.0 Å². The highest BCUT2D eigenvalue weighted by molar-refractivity contribution is 6.07. The quantitative estimate of drug-likeness (QED) is 0.566. The fraction of sp³-hybridized carbons (Fsp3) is 0.192. The van der Waals surface area contributed by atoms with Crippen LogP contribution < -0.4 is 15.5 Å². The van der Waals surface area contributed by atoms with Crippen LogP contribution in [-0.2, 0) is 20.9 Å². The molecule has 0 spiro atoms. The Morgan fingerprint density at radius 3 is 2.41 bits per heavy atom. The second kappa shape index (κ2) is 9.43. The third kappa shape index (κ3) is 4.39. The molecule has 2 N–H and O–H groups in total. The first-order chi connectivity index (χ1) is 16.3. The third-order valence-corrected chi connectivity index (χ3v) is 5.94. The van der Waals surface area contributed by atoms with Gasteiger partial charge < -0.3 is 15.5 Å². The van der Waals surface area contributed by atoms with E-state index >= 15 is 0 Å². The average Bonchev–Trinajstić information content (AvgIpc) is 2.93. The fourth-order valence-corrected chi connectivity index (χ4v) is 3.97. The molecular formula is C26H23F2N3O3. The fourth-order valence-electron chi connectivity index (χ4n) is 3.97. The maximum absolute atomic E-state index is 13.8. The second-order valence-electron chi connectivity index (χ2n) is 8.12. The molecule has 4 rings (SSSR count). The van der Waals surface area contributed by atoms with Crippen molar-refractivity contribution < 1.29 is 23.2 Å². The standard InChI is InChI=1S/C26H23F2N3O3/c1-15(24(32)29-14-16-13-17(27)11-12-21(16)28)25(33)30-23-20-9-4-3-7-18(20)19-8-5-6-10-22(19)31(2)26(23)34/h3-13,15,23H,14H2,1-2H3,(H,29,32)(H,30,33)/t15-,23-/m0/s1. The molecule has 1 aliphatic rings. The summed E-state index contributed by atoms with van der Waals surface area (Å²) in [5.41, 5.74) is 2.95. The van der Waals surface area contributed by atoms with E-state index in [1.54, 1.807) is 19.2 Å². The minimum atomic E-state index is -1.17. The highest BCUT2D eigenvalue weighted by Gasteiger charge is 2.35. The van der Waals surface area contributed by atoms with Crippen molar-refractivity contribution >= 4 is 23.4 Å². The van der Waals surface area contributed by atoms with E-state index in [2.05, 4.69) is 10.6 Å². The Bertz CT molecular complexity index is 1280. The van der Waals surface area contributed by atoms with Crippen molar-refractivity contribution in [2.75, 3.05) is 11.9 Å². The molecule has 3 amide bonds. The van der Waals surface area contributed by atoms with Gasteiger partial charge in [-0.2, -0.15) is 0 Å². The monoisotopic (exact) mass is 463 g/mol. The van der Waals surface area contributed by atoms with Gasteiger partial charge in [-0.1, -0.05) is 42.5 Å². The number of hydrogen-bond acceptors (Lipinski definition) is 3. The van der Waals surface area contributed by atoms with Gasteiger partial charge in [0.15, 0.2) is 0 Å². The zero-order valence-corrected chi connectivity index (χ0v) is 18.6. The molecule has 34 heavy (non-hydrogen) atoms. The van der Waals surface area contributed by atoms with Crippen LogP contribution in [0.3, 0.4) is 0 Å². The molecular weight excluding hydrogens is 440 g/mol. The molecule has 0 aliphatic carbocycles. The number of nitrogens with zero attached hydrogens (tertiary/aromatic N) is 1. The van der Waals surface area contributed by atoms with Gasteiger partial charge in [-0.15, -0.1) is 0 Å². The van der Waals surface area contributed by atoms with Gasteiger partial charge in [-0.25, -0.2) is 8.78 Å². The largest absolute Gasteiger partial charge is 0.351 e. The summed E-state index contributed by atoms with van der Waals surface area (Å²) in [6.45, 7) is 1.11. The Balaban J connectivity index is 1.53. The summed E-state index contributed by atoms with van der Waals surface area (Å²) in [4.78, 5) is 40.3. The van der Waals surface area contributed by atoms with Gasteiger partial charge in [0, 0.05) is 24.7 Å². The van der Waals surface area contributed by atoms with Crippen LogP contribution >= 0.6 is 0 Å². The maximum atomic E-state index is 13.8. The molecule has 0 saturated carbocycles. The first kappa shape index (κ1) is 23.1. The van der Waals surface area contributed by atoms with Crippen LogP contribution in [0, 0.1) is 17.6 Å². The van der Waals surface area contributed by atoms with E-state index in [9.17, 15) is 23.2 Å². The number of nitrogens with one attached hydrogen (secondary N) is 2. The van der Waals surface area contributed by atoms with E-state index in [0.717, 1.165) is 29.3 Å². The molecule has 1 heterocycles. The number of hydrogen-bond donors (Lipinski definition) is 2. The Morgan fingerprint density at radius 2 is 1.65 bits per heavy atom. The van der Waals surface area contributed by atoms with Gasteiger partial charge in [0.05, 0.1) is 5.69 Å². The van der Waals surface area contributed by atoms with Crippen molar-refractivity contribution in [2.24, 2.45) is 5.92 Å². The van der Waals surface area contributed by atoms with Crippen molar-refractivity contribution in [3.05, 3.63) is 89.5 Å². The predicted molar refractivity (Wildman–Crippen MR) is 124 cm³/mol. The zero-order valence-electron chi connectivity index (χ0n) is 18.6. The number of benzene rings is 3. The minimum Gasteiger partial charge on any atom is -0.351 e. The molecule has 174 valence electrons. The summed E-state index contributed by atoms with van der Waals surface area (Å²) in [5, 5.41) is 5.15. The Labute approximate surface area is 195 Å². The molecule has 0 aromatic heterocycles. The van der Waals surface area contributed by atoms with E-state index in [4.69, 9.17) is 0 Å². The highest BCUT2D eigenvalue weighted by atomic mass is 19.1. The number of fused-ring (bicyclic) bond motifs is 3. The smallest absolute Gasteiger partial charge is 0.253 e. The van der Waals surface area contributed by atoms with Crippen LogP contribution in [0.5, 0.6) is 0 Å². The summed E-state index contributed by atoms with van der Waals surface area (Å²) in [5.74, 6) is -4.15. The molecule has 3 aromatic rings. The maximum Gasteiger partial charge on any atom is 0.253 e. The molecule has 0 bridgehead atoms. The van der Waals surface area contributed by atoms with Gasteiger partial charge in [0.25, 0.3) is 5.91 Å². The zero-order chi connectivity index (χ0) is 24.4. The van der Waals surface area contributed by atoms with Gasteiger partial charge in [-0.05, 0) is 42.3 Å². The number of halogens is 2. The molecule has 2 atom stereocenters. The number of rotatable bonds is 5. The number of carbonyl (C=O) groups is 3. The first-order valence-corrected chi connectivity index (χ1v) is 10.8. The number of para-hydroxylation sites is 1. The molecule has 0 fully saturated rings. The van der Waals surface area contributed by atoms with E-state index in [0.29, 0.717) is 11.3 Å². The van der Waals surface area contributed by atoms with E-state index in [1.165, 1.54) is 11.8 Å². The van der Waals surface area contributed by atoms with Crippen LogP contribution in [-0.4, -0.2) is 24.8 Å². The van der Waals surface area contributed by atoms with Crippen LogP contribution in [0.4, 0.5) is 14.5 Å². The van der Waals surface area contributed by atoms with Crippen molar-refractivity contribution in [1.82, 2.24) is 10.6 Å². The normalized spacial score (nSPS) is 15.6. The molecule has 0 saturated heterocycles. The number of carbonyl (C=O) groups excluding carboxylic acids is 3. The Kier molecular flexibility index (Phi) is 6.40. The van der Waals surface area contributed by atoms with Crippen molar-refractivity contribution in [3.8, 4) is 11.1 Å². The third-order valence-electron chi connectivity index (χ3n) is 5.94. The van der Waals surface area contributed by atoms with Crippen LogP contribution in [0.15, 0.2) is 66.7 Å². The SMILES string of the molecule is C[C@@H](C(=O)NCc1cc(F)ccc1F)C(=O)N[C@@H]1C(=O)N(C)c2ccccc2-c2ccccc21. The molecule has 0 unspecified atom stereocenters. The van der Waals surface area contributed by atoms with Gasteiger partial charge in [-0.3, -0.25) is 14.4 Å². The predicted octanol–water partition coefficient (Wildman–Crippen LogP) is 3.72. The van der Waals surface area contributed by atoms with Crippen LogP contribution in [0.1, 0.15) is 24.1 Å². The second-order valence-corrected chi connectivity index (χ2v) is 8.12. The Hall–Kier alpha value is -4.07. The Morgan fingerprint density at radius 1 is 0.971 bits per heavy atom. The summed E-state index contributed by atoms with van der Waals surface area (Å²) in [6, 6.07) is 16.7. The highest BCUT2D eigenvalue weighted by Crippen LogP contribution is 2.39. The van der Waals surface area contributed by atoms with E-state index < -0.39 is 35.4 Å². The molecule has 3 aromatic carbocycles. The number of anilines is 1. The van der Waals surface area contributed by atoms with Crippen LogP contribution in [0.2, 0.25) is 0 Å². The summed E-state index contributed by atoms with van der Waals surface area (Å²) in [7, 11) is 1.63. The van der Waals surface area contributed by atoms with E-state index in [1.807, 2.05) is 36.4 Å². The summed E-state index contributed by atoms with van der Waals surface area (Å²) in [6.07, 6.45) is 0. The van der Waals surface area contributed by atoms with Gasteiger partial charge in [0.2, 0.25) is 11.8 Å². The number of likely N-dealkylation sites (N-methyl/N-ethyl adjacent to an activating group) is 1. The lowest BCUT2D eigenvalue weighted by Crippen LogP contribution is -2.45. The van der Waals surface area contributed by atoms with Crippen molar-refractivity contribution in [2.45, 2.75) is 19.5 Å². The van der Waals surface area contributed by atoms with Gasteiger partial charge in [0.1, 0.15) is 23.6 Å². The lowest BCUT2D eigenvalue weighted by molar-refractivity contribution is -0.136. The summed E-state index contributed by atoms with van der Waals surface area (Å²) < 4.78 is 27.2. The first-order valence-electron chi connectivity index (χ1n) is 10.8. The lowest BCUT2D eigenvalue weighted by Gasteiger charge is -2.24. The minimum absolute atomic E-state index is 0.0341. The molecule has 0 radical (unpaired) electrons. The molecule has 1 aliphatic heterocycles.